The molecule has 122 valence electrons. The van der Waals surface area contributed by atoms with Gasteiger partial charge in [0.15, 0.2) is 0 Å². The maximum atomic E-state index is 12.9. The zero-order valence-corrected chi connectivity index (χ0v) is 12.7. The number of halogens is 4. The first-order valence-corrected chi connectivity index (χ1v) is 7.50. The van der Waals surface area contributed by atoms with Gasteiger partial charge in [0, 0.05) is 32.3 Å². The van der Waals surface area contributed by atoms with Crippen molar-refractivity contribution in [3.8, 4) is 0 Å². The highest BCUT2D eigenvalue weighted by molar-refractivity contribution is 6.29. The first-order valence-electron chi connectivity index (χ1n) is 7.12. The van der Waals surface area contributed by atoms with Gasteiger partial charge in [0.1, 0.15) is 5.15 Å². The highest BCUT2D eigenvalue weighted by Gasteiger charge is 2.34. The molecule has 0 unspecified atom stereocenters. The van der Waals surface area contributed by atoms with E-state index in [0.29, 0.717) is 25.9 Å². The van der Waals surface area contributed by atoms with E-state index in [4.69, 9.17) is 11.6 Å². The van der Waals surface area contributed by atoms with Crippen molar-refractivity contribution in [3.05, 3.63) is 23.0 Å². The molecule has 2 rings (SSSR count). The summed E-state index contributed by atoms with van der Waals surface area (Å²) in [5, 5.41) is 2.73. The highest BCUT2D eigenvalue weighted by Crippen LogP contribution is 2.35. The van der Waals surface area contributed by atoms with Crippen LogP contribution in [-0.2, 0) is 11.0 Å². The number of anilines is 1. The smallest absolute Gasteiger partial charge is 0.384 e. The molecule has 0 bridgehead atoms. The predicted molar refractivity (Wildman–Crippen MR) is 77.8 cm³/mol. The number of alkyl halides is 3. The monoisotopic (exact) mass is 335 g/mol. The lowest BCUT2D eigenvalue weighted by atomic mass is 10.1. The van der Waals surface area contributed by atoms with E-state index in [9.17, 15) is 18.0 Å². The normalized spacial score (nSPS) is 16.0. The summed E-state index contributed by atoms with van der Waals surface area (Å²) in [4.78, 5) is 16.8. The summed E-state index contributed by atoms with van der Waals surface area (Å²) < 4.78 is 38.6. The lowest BCUT2D eigenvalue weighted by Gasteiger charge is -2.26. The van der Waals surface area contributed by atoms with Gasteiger partial charge in [-0.3, -0.25) is 4.79 Å². The van der Waals surface area contributed by atoms with Crippen LogP contribution in [0, 0.1) is 0 Å². The fraction of sp³-hybridized carbons (Fsp3) is 0.571. The number of nitrogens with one attached hydrogen (secondary N) is 1. The number of amides is 1. The summed E-state index contributed by atoms with van der Waals surface area (Å²) in [7, 11) is 0. The van der Waals surface area contributed by atoms with E-state index in [1.165, 1.54) is 0 Å². The SMILES string of the molecule is O=C1CCCCN1CCCNc1cc(Cl)ncc1C(F)(F)F. The molecule has 1 fully saturated rings. The molecule has 22 heavy (non-hydrogen) atoms. The van der Waals surface area contributed by atoms with Crippen molar-refractivity contribution >= 4 is 23.2 Å². The van der Waals surface area contributed by atoms with Crippen molar-refractivity contribution in [2.24, 2.45) is 0 Å². The van der Waals surface area contributed by atoms with Crippen LogP contribution < -0.4 is 5.32 Å². The molecule has 1 aromatic rings. The molecule has 0 aromatic carbocycles. The number of aromatic nitrogens is 1. The second-order valence-electron chi connectivity index (χ2n) is 5.17. The van der Waals surface area contributed by atoms with Gasteiger partial charge in [-0.25, -0.2) is 4.98 Å². The zero-order chi connectivity index (χ0) is 16.2. The molecule has 8 heteroatoms. The number of rotatable bonds is 5. The maximum absolute atomic E-state index is 12.9. The number of hydrogen-bond acceptors (Lipinski definition) is 3. The van der Waals surface area contributed by atoms with E-state index in [2.05, 4.69) is 10.3 Å². The minimum atomic E-state index is -4.48. The Kier molecular flexibility index (Phi) is 5.50. The van der Waals surface area contributed by atoms with Gasteiger partial charge in [0.05, 0.1) is 11.3 Å². The quantitative estimate of drug-likeness (QED) is 0.661. The predicted octanol–water partition coefficient (Wildman–Crippen LogP) is 3.57. The Hall–Kier alpha value is -1.50. The van der Waals surface area contributed by atoms with Gasteiger partial charge >= 0.3 is 6.18 Å². The number of piperidine rings is 1. The topological polar surface area (TPSA) is 45.2 Å². The molecule has 1 aliphatic rings. The number of nitrogens with zero attached hydrogens (tertiary/aromatic N) is 2. The summed E-state index contributed by atoms with van der Waals surface area (Å²) in [6, 6.07) is 1.16. The number of carbonyl (C=O) groups excluding carboxylic acids is 1. The molecule has 2 heterocycles. The first kappa shape index (κ1) is 16.9. The van der Waals surface area contributed by atoms with Crippen LogP contribution in [-0.4, -0.2) is 35.4 Å². The number of carbonyl (C=O) groups is 1. The van der Waals surface area contributed by atoms with E-state index in [1.807, 2.05) is 0 Å². The standard InChI is InChI=1S/C14H17ClF3N3O/c15-12-8-11(10(9-20-12)14(16,17)18)19-5-3-7-21-6-2-1-4-13(21)22/h8-9H,1-7H2,(H,19,20). The lowest BCUT2D eigenvalue weighted by molar-refractivity contribution is -0.137. The average Bonchev–Trinajstić information content (AvgIpc) is 2.44. The zero-order valence-electron chi connectivity index (χ0n) is 11.9. The molecule has 1 aromatic heterocycles. The molecule has 4 nitrogen and oxygen atoms in total. The van der Waals surface area contributed by atoms with E-state index < -0.39 is 11.7 Å². The largest absolute Gasteiger partial charge is 0.419 e. The van der Waals surface area contributed by atoms with Crippen molar-refractivity contribution < 1.29 is 18.0 Å². The van der Waals surface area contributed by atoms with Crippen molar-refractivity contribution in [2.75, 3.05) is 25.0 Å². The molecule has 0 spiro atoms. The Morgan fingerprint density at radius 2 is 2.14 bits per heavy atom. The minimum absolute atomic E-state index is 0.00158. The molecule has 0 aliphatic carbocycles. The van der Waals surface area contributed by atoms with Gasteiger partial charge in [0.2, 0.25) is 5.91 Å². The van der Waals surface area contributed by atoms with Crippen LogP contribution in [0.2, 0.25) is 5.15 Å². The number of pyridine rings is 1. The summed E-state index contributed by atoms with van der Waals surface area (Å²) in [5.74, 6) is 0.120. The molecular weight excluding hydrogens is 319 g/mol. The van der Waals surface area contributed by atoms with Crippen LogP contribution in [0.4, 0.5) is 18.9 Å². The first-order chi connectivity index (χ1) is 10.4. The summed E-state index contributed by atoms with van der Waals surface area (Å²) in [6.45, 7) is 1.60. The van der Waals surface area contributed by atoms with Crippen LogP contribution in [0.25, 0.3) is 0 Å². The van der Waals surface area contributed by atoms with E-state index in [1.54, 1.807) is 4.90 Å². The molecule has 0 radical (unpaired) electrons. The molecular formula is C14H17ClF3N3O. The molecule has 0 atom stereocenters. The third kappa shape index (κ3) is 4.50. The van der Waals surface area contributed by atoms with Crippen molar-refractivity contribution in [1.29, 1.82) is 0 Å². The van der Waals surface area contributed by atoms with Gasteiger partial charge in [-0.15, -0.1) is 0 Å². The van der Waals surface area contributed by atoms with Crippen LogP contribution in [0.1, 0.15) is 31.2 Å². The fourth-order valence-electron chi connectivity index (χ4n) is 2.39. The van der Waals surface area contributed by atoms with Crippen LogP contribution in [0.5, 0.6) is 0 Å². The Labute approximate surface area is 131 Å². The van der Waals surface area contributed by atoms with Crippen molar-refractivity contribution in [3.63, 3.8) is 0 Å². The fourth-order valence-corrected chi connectivity index (χ4v) is 2.55. The van der Waals surface area contributed by atoms with Gasteiger partial charge in [-0.05, 0) is 25.3 Å². The second kappa shape index (κ2) is 7.17. The second-order valence-corrected chi connectivity index (χ2v) is 5.56. The maximum Gasteiger partial charge on any atom is 0.419 e. The minimum Gasteiger partial charge on any atom is -0.384 e. The van der Waals surface area contributed by atoms with Gasteiger partial charge in [-0.2, -0.15) is 13.2 Å². The molecule has 0 saturated carbocycles. The molecule has 1 N–H and O–H groups in total. The number of hydrogen-bond donors (Lipinski definition) is 1. The van der Waals surface area contributed by atoms with Gasteiger partial charge in [-0.1, -0.05) is 11.6 Å². The van der Waals surface area contributed by atoms with E-state index in [-0.39, 0.29) is 16.7 Å². The van der Waals surface area contributed by atoms with E-state index >= 15 is 0 Å². The third-order valence-corrected chi connectivity index (χ3v) is 3.72. The summed E-state index contributed by atoms with van der Waals surface area (Å²) in [6.07, 6.45) is -0.731. The average molecular weight is 336 g/mol. The molecule has 1 aliphatic heterocycles. The van der Waals surface area contributed by atoms with Crippen LogP contribution in [0.15, 0.2) is 12.3 Å². The Balaban J connectivity index is 1.89. The van der Waals surface area contributed by atoms with Crippen LogP contribution in [0.3, 0.4) is 0 Å². The Bertz CT molecular complexity index is 537. The molecule has 1 saturated heterocycles. The molecule has 1 amide bonds. The van der Waals surface area contributed by atoms with Crippen molar-refractivity contribution in [2.45, 2.75) is 31.9 Å². The number of likely N-dealkylation sites (tertiary alicyclic amines) is 1. The lowest BCUT2D eigenvalue weighted by Crippen LogP contribution is -2.36. The van der Waals surface area contributed by atoms with Gasteiger partial charge in [0.25, 0.3) is 0 Å². The third-order valence-electron chi connectivity index (χ3n) is 3.52. The Morgan fingerprint density at radius 3 is 2.82 bits per heavy atom. The highest BCUT2D eigenvalue weighted by atomic mass is 35.5. The van der Waals surface area contributed by atoms with E-state index in [0.717, 1.165) is 31.6 Å². The Morgan fingerprint density at radius 1 is 1.36 bits per heavy atom. The van der Waals surface area contributed by atoms with Crippen LogP contribution >= 0.6 is 11.6 Å². The van der Waals surface area contributed by atoms with Crippen molar-refractivity contribution in [1.82, 2.24) is 9.88 Å². The van der Waals surface area contributed by atoms with Gasteiger partial charge < -0.3 is 10.2 Å². The summed E-state index contributed by atoms with van der Waals surface area (Å²) >= 11 is 5.65. The summed E-state index contributed by atoms with van der Waals surface area (Å²) in [5.41, 5.74) is -0.927.